The number of ether oxygens (including phenoxy) is 1. The lowest BCUT2D eigenvalue weighted by Crippen LogP contribution is -2.28. The largest absolute Gasteiger partial charge is 0.382 e. The van der Waals surface area contributed by atoms with E-state index in [-0.39, 0.29) is 5.91 Å². The highest BCUT2D eigenvalue weighted by Gasteiger charge is 2.08. The molecule has 0 fully saturated rings. The number of hydrogen-bond donors (Lipinski definition) is 0. The maximum Gasteiger partial charge on any atom is 0.222 e. The normalized spacial score (nSPS) is 10.1. The minimum Gasteiger partial charge on any atom is -0.382 e. The standard InChI is InChI=1S/C14H29NO2.C2H6/c1-5-17-12-8-6-7-9-14(16)15(4)11-10-13(2)3;1-2/h13H,5-12H2,1-4H3;1-2H3. The zero-order valence-corrected chi connectivity index (χ0v) is 14.0. The molecular weight excluding hydrogens is 238 g/mol. The third-order valence-electron chi connectivity index (χ3n) is 2.85. The van der Waals surface area contributed by atoms with Crippen LogP contribution in [-0.4, -0.2) is 37.6 Å². The number of amides is 1. The van der Waals surface area contributed by atoms with Gasteiger partial charge in [0.15, 0.2) is 0 Å². The monoisotopic (exact) mass is 273 g/mol. The van der Waals surface area contributed by atoms with E-state index < -0.39 is 0 Å². The Hall–Kier alpha value is -0.570. The fourth-order valence-corrected chi connectivity index (χ4v) is 1.57. The van der Waals surface area contributed by atoms with Crippen LogP contribution in [0.15, 0.2) is 0 Å². The van der Waals surface area contributed by atoms with Crippen LogP contribution in [0.2, 0.25) is 0 Å². The van der Waals surface area contributed by atoms with Crippen molar-refractivity contribution < 1.29 is 9.53 Å². The molecular formula is C16H35NO2. The summed E-state index contributed by atoms with van der Waals surface area (Å²) in [6.07, 6.45) is 4.91. The van der Waals surface area contributed by atoms with E-state index in [2.05, 4.69) is 13.8 Å². The molecule has 3 nitrogen and oxygen atoms in total. The van der Waals surface area contributed by atoms with Crippen molar-refractivity contribution in [2.75, 3.05) is 26.8 Å². The Morgan fingerprint density at radius 1 is 1.16 bits per heavy atom. The van der Waals surface area contributed by atoms with Gasteiger partial charge in [-0.3, -0.25) is 4.79 Å². The summed E-state index contributed by atoms with van der Waals surface area (Å²) in [5, 5.41) is 0. The van der Waals surface area contributed by atoms with Gasteiger partial charge in [-0.25, -0.2) is 0 Å². The van der Waals surface area contributed by atoms with Gasteiger partial charge < -0.3 is 9.64 Å². The maximum absolute atomic E-state index is 11.7. The minimum absolute atomic E-state index is 0.280. The van der Waals surface area contributed by atoms with Crippen molar-refractivity contribution in [3.63, 3.8) is 0 Å². The Bertz CT molecular complexity index is 193. The first-order valence-corrected chi connectivity index (χ1v) is 7.89. The van der Waals surface area contributed by atoms with Crippen LogP contribution in [0.4, 0.5) is 0 Å². The first kappa shape index (κ1) is 20.7. The minimum atomic E-state index is 0.280. The van der Waals surface area contributed by atoms with Crippen LogP contribution in [0.1, 0.15) is 66.7 Å². The predicted octanol–water partition coefficient (Wildman–Crippen LogP) is 4.11. The van der Waals surface area contributed by atoms with Gasteiger partial charge >= 0.3 is 0 Å². The van der Waals surface area contributed by atoms with Gasteiger partial charge in [0.25, 0.3) is 0 Å². The molecule has 0 bridgehead atoms. The number of nitrogens with zero attached hydrogens (tertiary/aromatic N) is 1. The molecule has 0 heterocycles. The fraction of sp³-hybridized carbons (Fsp3) is 0.938. The SMILES string of the molecule is CC.CCOCCCCCC(=O)N(C)CCC(C)C. The molecule has 1 amide bonds. The van der Waals surface area contributed by atoms with Crippen LogP contribution in [0.25, 0.3) is 0 Å². The van der Waals surface area contributed by atoms with E-state index in [1.54, 1.807) is 0 Å². The van der Waals surface area contributed by atoms with Gasteiger partial charge in [0.05, 0.1) is 0 Å². The van der Waals surface area contributed by atoms with E-state index in [0.29, 0.717) is 12.3 Å². The third kappa shape index (κ3) is 15.4. The Kier molecular flexibility index (Phi) is 16.9. The van der Waals surface area contributed by atoms with E-state index >= 15 is 0 Å². The molecule has 19 heavy (non-hydrogen) atoms. The molecule has 0 aromatic heterocycles. The number of carbonyl (C=O) groups excluding carboxylic acids is 1. The molecule has 0 spiro atoms. The maximum atomic E-state index is 11.7. The lowest BCUT2D eigenvalue weighted by molar-refractivity contribution is -0.130. The Labute approximate surface area is 120 Å². The van der Waals surface area contributed by atoms with E-state index in [0.717, 1.165) is 45.4 Å². The molecule has 0 aliphatic carbocycles. The number of unbranched alkanes of at least 4 members (excludes halogenated alkanes) is 2. The lowest BCUT2D eigenvalue weighted by atomic mass is 10.1. The van der Waals surface area contributed by atoms with Crippen molar-refractivity contribution in [2.24, 2.45) is 5.92 Å². The molecule has 0 aliphatic rings. The number of rotatable bonds is 10. The summed E-state index contributed by atoms with van der Waals surface area (Å²) in [6.45, 7) is 12.9. The second kappa shape index (κ2) is 15.5. The highest BCUT2D eigenvalue weighted by molar-refractivity contribution is 5.75. The fourth-order valence-electron chi connectivity index (χ4n) is 1.57. The topological polar surface area (TPSA) is 29.5 Å². The predicted molar refractivity (Wildman–Crippen MR) is 83.4 cm³/mol. The average Bonchev–Trinajstić information content (AvgIpc) is 2.41. The van der Waals surface area contributed by atoms with Gasteiger partial charge in [-0.1, -0.05) is 34.1 Å². The van der Waals surface area contributed by atoms with E-state index in [4.69, 9.17) is 4.74 Å². The molecule has 0 atom stereocenters. The molecule has 0 unspecified atom stereocenters. The summed E-state index contributed by atoms with van der Waals surface area (Å²) in [5.41, 5.74) is 0. The van der Waals surface area contributed by atoms with Crippen molar-refractivity contribution in [3.8, 4) is 0 Å². The van der Waals surface area contributed by atoms with Crippen LogP contribution >= 0.6 is 0 Å². The van der Waals surface area contributed by atoms with Gasteiger partial charge in [-0.15, -0.1) is 0 Å². The van der Waals surface area contributed by atoms with Crippen LogP contribution < -0.4 is 0 Å². The molecule has 0 aromatic carbocycles. The Balaban J connectivity index is 0. The molecule has 0 aromatic rings. The van der Waals surface area contributed by atoms with Crippen LogP contribution in [0.3, 0.4) is 0 Å². The highest BCUT2D eigenvalue weighted by Crippen LogP contribution is 2.05. The van der Waals surface area contributed by atoms with Crippen molar-refractivity contribution in [1.29, 1.82) is 0 Å². The smallest absolute Gasteiger partial charge is 0.222 e. The Morgan fingerprint density at radius 3 is 2.32 bits per heavy atom. The summed E-state index contributed by atoms with van der Waals surface area (Å²) in [5.74, 6) is 0.943. The van der Waals surface area contributed by atoms with Gasteiger partial charge in [-0.05, 0) is 32.1 Å². The van der Waals surface area contributed by atoms with Crippen molar-refractivity contribution in [2.45, 2.75) is 66.7 Å². The molecule has 0 aliphatic heterocycles. The summed E-state index contributed by atoms with van der Waals surface area (Å²) >= 11 is 0. The zero-order valence-electron chi connectivity index (χ0n) is 14.0. The summed E-state index contributed by atoms with van der Waals surface area (Å²) < 4.78 is 5.26. The summed E-state index contributed by atoms with van der Waals surface area (Å²) in [7, 11) is 1.91. The molecule has 0 saturated carbocycles. The van der Waals surface area contributed by atoms with E-state index in [1.165, 1.54) is 0 Å². The van der Waals surface area contributed by atoms with Crippen LogP contribution in [-0.2, 0) is 9.53 Å². The summed E-state index contributed by atoms with van der Waals surface area (Å²) in [4.78, 5) is 13.6. The number of hydrogen-bond acceptors (Lipinski definition) is 2. The molecule has 0 radical (unpaired) electrons. The van der Waals surface area contributed by atoms with Gasteiger partial charge in [-0.2, -0.15) is 0 Å². The second-order valence-electron chi connectivity index (χ2n) is 5.01. The van der Waals surface area contributed by atoms with Gasteiger partial charge in [0.1, 0.15) is 0 Å². The van der Waals surface area contributed by atoms with Crippen molar-refractivity contribution >= 4 is 5.91 Å². The van der Waals surface area contributed by atoms with Crippen molar-refractivity contribution in [1.82, 2.24) is 4.90 Å². The molecule has 116 valence electrons. The molecule has 0 saturated heterocycles. The third-order valence-corrected chi connectivity index (χ3v) is 2.85. The first-order chi connectivity index (χ1) is 9.07. The van der Waals surface area contributed by atoms with E-state index in [1.807, 2.05) is 32.7 Å². The first-order valence-electron chi connectivity index (χ1n) is 7.89. The lowest BCUT2D eigenvalue weighted by Gasteiger charge is -2.18. The van der Waals surface area contributed by atoms with Gasteiger partial charge in [0.2, 0.25) is 5.91 Å². The average molecular weight is 273 g/mol. The summed E-state index contributed by atoms with van der Waals surface area (Å²) in [6, 6.07) is 0. The van der Waals surface area contributed by atoms with Crippen LogP contribution in [0, 0.1) is 5.92 Å². The van der Waals surface area contributed by atoms with Crippen LogP contribution in [0.5, 0.6) is 0 Å². The quantitative estimate of drug-likeness (QED) is 0.560. The number of carbonyl (C=O) groups is 1. The molecule has 0 N–H and O–H groups in total. The highest BCUT2D eigenvalue weighted by atomic mass is 16.5. The van der Waals surface area contributed by atoms with E-state index in [9.17, 15) is 4.79 Å². The van der Waals surface area contributed by atoms with Gasteiger partial charge in [0, 0.05) is 33.2 Å². The molecule has 0 rings (SSSR count). The Morgan fingerprint density at radius 2 is 1.79 bits per heavy atom. The second-order valence-corrected chi connectivity index (χ2v) is 5.01. The van der Waals surface area contributed by atoms with Crippen molar-refractivity contribution in [3.05, 3.63) is 0 Å². The molecule has 3 heteroatoms. The zero-order chi connectivity index (χ0) is 15.1.